The van der Waals surface area contributed by atoms with E-state index < -0.39 is 23.6 Å². The summed E-state index contributed by atoms with van der Waals surface area (Å²) >= 11 is 12.5. The maximum Gasteiger partial charge on any atom is 0.359 e. The summed E-state index contributed by atoms with van der Waals surface area (Å²) in [7, 11) is 3.04. The zero-order chi connectivity index (χ0) is 35.3. The minimum Gasteiger partial charge on any atom is -0.479 e. The smallest absolute Gasteiger partial charge is 0.359 e. The highest BCUT2D eigenvalue weighted by atomic mass is 35.5. The van der Waals surface area contributed by atoms with E-state index in [4.69, 9.17) is 42.5 Å². The van der Waals surface area contributed by atoms with E-state index in [0.717, 1.165) is 5.56 Å². The van der Waals surface area contributed by atoms with Gasteiger partial charge in [0.05, 0.1) is 37.3 Å². The first kappa shape index (κ1) is 36.2. The third-order valence-corrected chi connectivity index (χ3v) is 7.41. The molecule has 0 radical (unpaired) electrons. The Morgan fingerprint density at radius 2 is 1.79 bits per heavy atom. The summed E-state index contributed by atoms with van der Waals surface area (Å²) in [6.45, 7) is 10.9. The number of carbonyl (C=O) groups excluding carboxylic acids is 2. The first-order chi connectivity index (χ1) is 22.6. The van der Waals surface area contributed by atoms with Gasteiger partial charge < -0.3 is 29.4 Å². The van der Waals surface area contributed by atoms with Crippen LogP contribution in [0, 0.1) is 0 Å². The number of nitrogens with zero attached hydrogens (tertiary/aromatic N) is 5. The molecule has 0 aliphatic carbocycles. The molecular weight excluding hydrogens is 661 g/mol. The van der Waals surface area contributed by atoms with Gasteiger partial charge in [0.2, 0.25) is 11.8 Å². The van der Waals surface area contributed by atoms with Crippen molar-refractivity contribution in [3.05, 3.63) is 85.6 Å². The first-order valence-electron chi connectivity index (χ1n) is 15.2. The van der Waals surface area contributed by atoms with Crippen LogP contribution < -0.4 is 20.9 Å². The number of aromatic nitrogens is 5. The molecule has 0 bridgehead atoms. The SMILES string of the molecule is CCOC(=O)c1nn(-c2cnc(NCC(=O)OC(C)(C)C)nc2OC)c(C(C)C)c1C(Nc1cc(Cl)c(=O)n(C)c1)c1ccc(Cl)cc1. The summed E-state index contributed by atoms with van der Waals surface area (Å²) in [4.78, 5) is 47.1. The van der Waals surface area contributed by atoms with Crippen molar-refractivity contribution in [3.8, 4) is 11.6 Å². The quantitative estimate of drug-likeness (QED) is 0.169. The molecule has 48 heavy (non-hydrogen) atoms. The van der Waals surface area contributed by atoms with Crippen LogP contribution in [0.2, 0.25) is 10.0 Å². The van der Waals surface area contributed by atoms with Crippen molar-refractivity contribution in [1.29, 1.82) is 0 Å². The Bertz CT molecular complexity index is 1820. The molecule has 15 heteroatoms. The predicted octanol–water partition coefficient (Wildman–Crippen LogP) is 5.93. The van der Waals surface area contributed by atoms with E-state index in [9.17, 15) is 14.4 Å². The van der Waals surface area contributed by atoms with Gasteiger partial charge in [-0.1, -0.05) is 49.2 Å². The normalized spacial score (nSPS) is 12.1. The maximum atomic E-state index is 13.6. The van der Waals surface area contributed by atoms with Crippen molar-refractivity contribution >= 4 is 46.8 Å². The molecule has 1 aromatic carbocycles. The summed E-state index contributed by atoms with van der Waals surface area (Å²) in [5.74, 6) is -1.09. The van der Waals surface area contributed by atoms with Gasteiger partial charge in [-0.05, 0) is 57.4 Å². The maximum absolute atomic E-state index is 13.6. The summed E-state index contributed by atoms with van der Waals surface area (Å²) < 4.78 is 19.4. The second kappa shape index (κ2) is 15.1. The molecule has 4 aromatic rings. The van der Waals surface area contributed by atoms with Crippen LogP contribution in [0.4, 0.5) is 11.6 Å². The second-order valence-electron chi connectivity index (χ2n) is 12.1. The number of halogens is 2. The molecule has 2 N–H and O–H groups in total. The monoisotopic (exact) mass is 699 g/mol. The van der Waals surface area contributed by atoms with Gasteiger partial charge in [0.15, 0.2) is 5.69 Å². The predicted molar refractivity (Wildman–Crippen MR) is 184 cm³/mol. The molecular formula is C33H39Cl2N7O6. The third-order valence-electron chi connectivity index (χ3n) is 6.89. The van der Waals surface area contributed by atoms with Crippen molar-refractivity contribution in [2.24, 2.45) is 7.05 Å². The average molecular weight is 701 g/mol. The molecule has 0 saturated heterocycles. The van der Waals surface area contributed by atoms with E-state index in [1.54, 1.807) is 57.8 Å². The Kier molecular flexibility index (Phi) is 11.4. The molecule has 0 aliphatic rings. The van der Waals surface area contributed by atoms with Gasteiger partial charge in [-0.2, -0.15) is 10.1 Å². The van der Waals surface area contributed by atoms with Crippen LogP contribution in [0.3, 0.4) is 0 Å². The summed E-state index contributed by atoms with van der Waals surface area (Å²) in [6, 6.07) is 7.95. The number of carbonyl (C=O) groups is 2. The number of hydrogen-bond donors (Lipinski definition) is 2. The van der Waals surface area contributed by atoms with Crippen LogP contribution >= 0.6 is 23.2 Å². The van der Waals surface area contributed by atoms with Crippen LogP contribution in [0.5, 0.6) is 5.88 Å². The number of pyridine rings is 1. The summed E-state index contributed by atoms with van der Waals surface area (Å²) in [5, 5.41) is 11.6. The van der Waals surface area contributed by atoms with Crippen LogP contribution in [-0.4, -0.2) is 62.1 Å². The molecule has 0 saturated carbocycles. The fourth-order valence-electron chi connectivity index (χ4n) is 4.98. The van der Waals surface area contributed by atoms with Crippen LogP contribution in [0.15, 0.2) is 47.5 Å². The van der Waals surface area contributed by atoms with Crippen molar-refractivity contribution in [1.82, 2.24) is 24.3 Å². The standard InChI is InChI=1S/C33H39Cl2N7O6/c1-9-47-31(45)27-25(26(19-10-12-20(34)13-11-19)38-21-14-22(35)30(44)41(7)17-21)28(18(2)3)42(40-27)23-15-36-32(39-29(23)46-8)37-16-24(43)48-33(4,5)6/h10-15,17-18,26,38H,9,16H2,1-8H3,(H,36,37,39). The number of nitrogens with one attached hydrogen (secondary N) is 2. The minimum absolute atomic E-state index is 0.0185. The lowest BCUT2D eigenvalue weighted by atomic mass is 9.92. The Labute approximate surface area is 288 Å². The Balaban J connectivity index is 1.91. The highest BCUT2D eigenvalue weighted by Gasteiger charge is 2.34. The third kappa shape index (κ3) is 8.45. The van der Waals surface area contributed by atoms with Gasteiger partial charge in [0, 0.05) is 23.8 Å². The van der Waals surface area contributed by atoms with Crippen molar-refractivity contribution in [3.63, 3.8) is 0 Å². The lowest BCUT2D eigenvalue weighted by Crippen LogP contribution is -2.28. The fourth-order valence-corrected chi connectivity index (χ4v) is 5.36. The average Bonchev–Trinajstić information content (AvgIpc) is 3.42. The van der Waals surface area contributed by atoms with E-state index in [2.05, 4.69) is 20.6 Å². The van der Waals surface area contributed by atoms with Crippen molar-refractivity contribution in [2.45, 2.75) is 59.1 Å². The number of rotatable bonds is 12. The van der Waals surface area contributed by atoms with Gasteiger partial charge in [0.25, 0.3) is 5.56 Å². The fraction of sp³-hybridized carbons (Fsp3) is 0.394. The molecule has 13 nitrogen and oxygen atoms in total. The molecule has 0 amide bonds. The lowest BCUT2D eigenvalue weighted by Gasteiger charge is -2.24. The van der Waals surface area contributed by atoms with Crippen LogP contribution in [0.25, 0.3) is 5.69 Å². The number of ether oxygens (including phenoxy) is 3. The number of aryl methyl sites for hydroxylation is 1. The Hall–Kier alpha value is -4.62. The summed E-state index contributed by atoms with van der Waals surface area (Å²) in [5.41, 5.74) is 1.75. The molecule has 3 aromatic heterocycles. The number of benzene rings is 1. The topological polar surface area (TPSA) is 151 Å². The van der Waals surface area contributed by atoms with Crippen LogP contribution in [-0.2, 0) is 21.3 Å². The highest BCUT2D eigenvalue weighted by Crippen LogP contribution is 2.38. The lowest BCUT2D eigenvalue weighted by molar-refractivity contribution is -0.152. The molecule has 256 valence electrons. The molecule has 1 atom stereocenters. The molecule has 0 spiro atoms. The van der Waals surface area contributed by atoms with Gasteiger partial charge >= 0.3 is 11.9 Å². The largest absolute Gasteiger partial charge is 0.479 e. The van der Waals surface area contributed by atoms with Crippen LogP contribution in [0.1, 0.15) is 80.8 Å². The van der Waals surface area contributed by atoms with Gasteiger partial charge in [-0.3, -0.25) is 9.59 Å². The minimum atomic E-state index is -0.705. The van der Waals surface area contributed by atoms with E-state index in [-0.39, 0.29) is 47.2 Å². The molecule has 0 aliphatic heterocycles. The second-order valence-corrected chi connectivity index (χ2v) is 12.9. The molecule has 1 unspecified atom stereocenters. The van der Waals surface area contributed by atoms with Crippen molar-refractivity contribution < 1.29 is 23.8 Å². The number of methoxy groups -OCH3 is 1. The number of hydrogen-bond acceptors (Lipinski definition) is 11. The van der Waals surface area contributed by atoms with Gasteiger partial charge in [-0.25, -0.2) is 14.5 Å². The molecule has 4 rings (SSSR count). The Morgan fingerprint density at radius 1 is 1.10 bits per heavy atom. The van der Waals surface area contributed by atoms with Crippen molar-refractivity contribution in [2.75, 3.05) is 30.9 Å². The molecule has 3 heterocycles. The van der Waals surface area contributed by atoms with E-state index in [0.29, 0.717) is 27.7 Å². The Morgan fingerprint density at radius 3 is 2.38 bits per heavy atom. The number of esters is 2. The van der Waals surface area contributed by atoms with Gasteiger partial charge in [-0.15, -0.1) is 0 Å². The molecule has 0 fully saturated rings. The summed E-state index contributed by atoms with van der Waals surface area (Å²) in [6.07, 6.45) is 3.10. The highest BCUT2D eigenvalue weighted by molar-refractivity contribution is 6.30. The van der Waals surface area contributed by atoms with E-state index >= 15 is 0 Å². The van der Waals surface area contributed by atoms with E-state index in [1.807, 2.05) is 26.0 Å². The zero-order valence-electron chi connectivity index (χ0n) is 28.1. The van der Waals surface area contributed by atoms with E-state index in [1.165, 1.54) is 23.9 Å². The zero-order valence-corrected chi connectivity index (χ0v) is 29.6. The van der Waals surface area contributed by atoms with Gasteiger partial charge in [0.1, 0.15) is 22.9 Å². The first-order valence-corrected chi connectivity index (χ1v) is 15.9. The number of anilines is 2.